The van der Waals surface area contributed by atoms with Crippen molar-refractivity contribution in [2.75, 3.05) is 18.4 Å². The van der Waals surface area contributed by atoms with Crippen molar-refractivity contribution in [2.45, 2.75) is 0 Å². The molecule has 0 bridgehead atoms. The molecule has 20 heavy (non-hydrogen) atoms. The molecule has 0 saturated heterocycles. The number of carbonyl (C=O) groups is 2. The molecule has 0 saturated carbocycles. The smallest absolute Gasteiger partial charge is 0.328 e. The lowest BCUT2D eigenvalue weighted by molar-refractivity contribution is -0.384. The van der Waals surface area contributed by atoms with Crippen LogP contribution in [0.5, 0.6) is 0 Å². The molecule has 3 N–H and O–H groups in total. The van der Waals surface area contributed by atoms with Crippen LogP contribution in [0.4, 0.5) is 11.5 Å². The molecule has 0 aliphatic carbocycles. The fourth-order valence-corrected chi connectivity index (χ4v) is 1.26. The van der Waals surface area contributed by atoms with Gasteiger partial charge in [-0.2, -0.15) is 5.26 Å². The standard InChI is InChI=1S/C10H9N5O5/c11-3-6-1-2-12-10(9(6)15(19)20)14-4-7(16)13-5-8(17)18/h1-2H,4-5H2,(H,12,14)(H,13,16)(H,17,18). The fraction of sp³-hybridized carbons (Fsp3) is 0.200. The molecular weight excluding hydrogens is 270 g/mol. The van der Waals surface area contributed by atoms with Gasteiger partial charge >= 0.3 is 11.7 Å². The second-order valence-electron chi connectivity index (χ2n) is 3.45. The first kappa shape index (κ1) is 14.8. The molecule has 10 nitrogen and oxygen atoms in total. The zero-order valence-corrected chi connectivity index (χ0v) is 9.99. The maximum Gasteiger partial charge on any atom is 0.328 e. The molecule has 10 heteroatoms. The quantitative estimate of drug-likeness (QED) is 0.463. The van der Waals surface area contributed by atoms with Crippen molar-refractivity contribution in [1.82, 2.24) is 10.3 Å². The molecule has 1 rings (SSSR count). The van der Waals surface area contributed by atoms with Gasteiger partial charge in [-0.25, -0.2) is 4.98 Å². The number of nitriles is 1. The Bertz CT molecular complexity index is 594. The molecule has 0 unspecified atom stereocenters. The second kappa shape index (κ2) is 6.64. The SMILES string of the molecule is N#Cc1ccnc(NCC(=O)NCC(=O)O)c1[N+](=O)[O-]. The fourth-order valence-electron chi connectivity index (χ4n) is 1.26. The maximum atomic E-state index is 11.3. The van der Waals surface area contributed by atoms with Gasteiger partial charge in [0.25, 0.3) is 0 Å². The summed E-state index contributed by atoms with van der Waals surface area (Å²) < 4.78 is 0. The third-order valence-electron chi connectivity index (χ3n) is 2.08. The minimum absolute atomic E-state index is 0.196. The summed E-state index contributed by atoms with van der Waals surface area (Å²) in [6.07, 6.45) is 1.18. The molecule has 0 spiro atoms. The monoisotopic (exact) mass is 279 g/mol. The number of aliphatic carboxylic acids is 1. The van der Waals surface area contributed by atoms with Crippen molar-refractivity contribution in [3.63, 3.8) is 0 Å². The summed E-state index contributed by atoms with van der Waals surface area (Å²) in [5, 5.41) is 32.4. The van der Waals surface area contributed by atoms with Gasteiger partial charge in [0.2, 0.25) is 11.7 Å². The van der Waals surface area contributed by atoms with Crippen LogP contribution in [0.3, 0.4) is 0 Å². The molecule has 1 heterocycles. The van der Waals surface area contributed by atoms with Crippen LogP contribution < -0.4 is 10.6 Å². The van der Waals surface area contributed by atoms with Crippen molar-refractivity contribution in [3.8, 4) is 6.07 Å². The molecule has 1 aromatic rings. The Morgan fingerprint density at radius 2 is 2.20 bits per heavy atom. The number of pyridine rings is 1. The summed E-state index contributed by atoms with van der Waals surface area (Å²) in [7, 11) is 0. The van der Waals surface area contributed by atoms with Gasteiger partial charge in [-0.1, -0.05) is 0 Å². The van der Waals surface area contributed by atoms with E-state index in [4.69, 9.17) is 10.4 Å². The van der Waals surface area contributed by atoms with Gasteiger partial charge in [0.05, 0.1) is 11.5 Å². The van der Waals surface area contributed by atoms with E-state index in [2.05, 4.69) is 15.6 Å². The number of hydrogen-bond acceptors (Lipinski definition) is 7. The van der Waals surface area contributed by atoms with Crippen LogP contribution in [0.2, 0.25) is 0 Å². The number of nitrogens with one attached hydrogen (secondary N) is 2. The van der Waals surface area contributed by atoms with Gasteiger partial charge in [-0.05, 0) is 6.07 Å². The number of carboxylic acid groups (broad SMARTS) is 1. The number of hydrogen-bond donors (Lipinski definition) is 3. The zero-order chi connectivity index (χ0) is 15.1. The van der Waals surface area contributed by atoms with Crippen LogP contribution >= 0.6 is 0 Å². The van der Waals surface area contributed by atoms with Crippen LogP contribution in [-0.4, -0.2) is 40.0 Å². The van der Waals surface area contributed by atoms with E-state index in [0.29, 0.717) is 0 Å². The number of carbonyl (C=O) groups excluding carboxylic acids is 1. The Kier molecular flexibility index (Phi) is 4.93. The molecule has 104 valence electrons. The number of anilines is 1. The van der Waals surface area contributed by atoms with Gasteiger partial charge in [-0.15, -0.1) is 0 Å². The van der Waals surface area contributed by atoms with Crippen LogP contribution in [0.1, 0.15) is 5.56 Å². The number of aromatic nitrogens is 1. The van der Waals surface area contributed by atoms with Crippen molar-refractivity contribution in [1.29, 1.82) is 5.26 Å². The summed E-state index contributed by atoms with van der Waals surface area (Å²) in [6.45, 7) is -0.968. The van der Waals surface area contributed by atoms with Crippen molar-refractivity contribution >= 4 is 23.4 Å². The third-order valence-corrected chi connectivity index (χ3v) is 2.08. The first-order valence-electron chi connectivity index (χ1n) is 5.21. The summed E-state index contributed by atoms with van der Waals surface area (Å²) in [4.78, 5) is 35.2. The second-order valence-corrected chi connectivity index (χ2v) is 3.45. The molecule has 0 aliphatic heterocycles. The Labute approximate surface area is 112 Å². The molecule has 0 radical (unpaired) electrons. The number of nitrogens with zero attached hydrogens (tertiary/aromatic N) is 3. The molecule has 1 aromatic heterocycles. The van der Waals surface area contributed by atoms with E-state index < -0.39 is 35.6 Å². The highest BCUT2D eigenvalue weighted by Gasteiger charge is 2.21. The number of amides is 1. The molecular formula is C10H9N5O5. The zero-order valence-electron chi connectivity index (χ0n) is 9.99. The maximum absolute atomic E-state index is 11.3. The van der Waals surface area contributed by atoms with E-state index >= 15 is 0 Å². The van der Waals surface area contributed by atoms with Gasteiger partial charge in [0, 0.05) is 6.20 Å². The predicted molar refractivity (Wildman–Crippen MR) is 64.7 cm³/mol. The van der Waals surface area contributed by atoms with Gasteiger partial charge < -0.3 is 15.7 Å². The topological polar surface area (TPSA) is 158 Å². The number of nitro groups is 1. The largest absolute Gasteiger partial charge is 0.480 e. The van der Waals surface area contributed by atoms with Crippen LogP contribution in [-0.2, 0) is 9.59 Å². The molecule has 1 amide bonds. The van der Waals surface area contributed by atoms with Crippen molar-refractivity contribution in [2.24, 2.45) is 0 Å². The van der Waals surface area contributed by atoms with E-state index in [9.17, 15) is 19.7 Å². The molecule has 0 aromatic carbocycles. The van der Waals surface area contributed by atoms with Crippen molar-refractivity contribution < 1.29 is 19.6 Å². The van der Waals surface area contributed by atoms with Gasteiger partial charge in [0.15, 0.2) is 0 Å². The van der Waals surface area contributed by atoms with Gasteiger partial charge in [0.1, 0.15) is 18.2 Å². The molecule has 0 aliphatic rings. The lowest BCUT2D eigenvalue weighted by Crippen LogP contribution is -2.34. The molecule has 0 atom stereocenters. The van der Waals surface area contributed by atoms with Gasteiger partial charge in [-0.3, -0.25) is 19.7 Å². The molecule has 0 fully saturated rings. The minimum Gasteiger partial charge on any atom is -0.480 e. The summed E-state index contributed by atoms with van der Waals surface area (Å²) >= 11 is 0. The third kappa shape index (κ3) is 3.91. The van der Waals surface area contributed by atoms with E-state index in [1.807, 2.05) is 0 Å². The first-order valence-corrected chi connectivity index (χ1v) is 5.21. The first-order chi connectivity index (χ1) is 9.45. The summed E-state index contributed by atoms with van der Waals surface area (Å²) in [5.74, 6) is -2.13. The highest BCUT2D eigenvalue weighted by atomic mass is 16.6. The van der Waals surface area contributed by atoms with E-state index in [-0.39, 0.29) is 11.4 Å². The highest BCUT2D eigenvalue weighted by molar-refractivity contribution is 5.84. The van der Waals surface area contributed by atoms with Crippen molar-refractivity contribution in [3.05, 3.63) is 27.9 Å². The lowest BCUT2D eigenvalue weighted by atomic mass is 10.2. The minimum atomic E-state index is -1.21. The van der Waals surface area contributed by atoms with Crippen LogP contribution in [0.25, 0.3) is 0 Å². The normalized spacial score (nSPS) is 9.35. The Morgan fingerprint density at radius 1 is 1.50 bits per heavy atom. The number of rotatable bonds is 6. The predicted octanol–water partition coefficient (Wildman–Crippen LogP) is -0.526. The highest BCUT2D eigenvalue weighted by Crippen LogP contribution is 2.25. The van der Waals surface area contributed by atoms with Crippen LogP contribution in [0, 0.1) is 21.4 Å². The average molecular weight is 279 g/mol. The van der Waals surface area contributed by atoms with Crippen LogP contribution in [0.15, 0.2) is 12.3 Å². The Balaban J connectivity index is 2.78. The number of carboxylic acids is 1. The Morgan fingerprint density at radius 3 is 2.75 bits per heavy atom. The van der Waals surface area contributed by atoms with E-state index in [0.717, 1.165) is 0 Å². The summed E-state index contributed by atoms with van der Waals surface area (Å²) in [5.41, 5.74) is -0.737. The van der Waals surface area contributed by atoms with E-state index in [1.165, 1.54) is 12.3 Å². The summed E-state index contributed by atoms with van der Waals surface area (Å²) in [6, 6.07) is 2.82. The lowest BCUT2D eigenvalue weighted by Gasteiger charge is -2.06. The average Bonchev–Trinajstić information content (AvgIpc) is 2.41. The van der Waals surface area contributed by atoms with E-state index in [1.54, 1.807) is 6.07 Å². The Hall–Kier alpha value is -3.22.